The first-order valence-electron chi connectivity index (χ1n) is 10.4. The predicted molar refractivity (Wildman–Crippen MR) is 120 cm³/mol. The van der Waals surface area contributed by atoms with Gasteiger partial charge in [-0.3, -0.25) is 14.4 Å². The normalized spacial score (nSPS) is 16.7. The van der Waals surface area contributed by atoms with Crippen LogP contribution in [0.3, 0.4) is 0 Å². The largest absolute Gasteiger partial charge is 0.380 e. The maximum atomic E-state index is 13.2. The van der Waals surface area contributed by atoms with Gasteiger partial charge in [0.2, 0.25) is 0 Å². The summed E-state index contributed by atoms with van der Waals surface area (Å²) in [6.07, 6.45) is 7.11. The lowest BCUT2D eigenvalue weighted by Crippen LogP contribution is -2.34. The van der Waals surface area contributed by atoms with Crippen molar-refractivity contribution in [1.29, 1.82) is 0 Å². The van der Waals surface area contributed by atoms with E-state index in [1.807, 2.05) is 26.8 Å². The Morgan fingerprint density at radius 2 is 2.10 bits per heavy atom. The van der Waals surface area contributed by atoms with Crippen molar-refractivity contribution in [2.24, 2.45) is 4.99 Å². The topological polar surface area (TPSA) is 90.6 Å². The number of dihydropyridines is 1. The van der Waals surface area contributed by atoms with Gasteiger partial charge in [-0.05, 0) is 38.8 Å². The molecule has 0 bridgehead atoms. The molecule has 0 saturated heterocycles. The highest BCUT2D eigenvalue weighted by atomic mass is 16.5. The fourth-order valence-electron chi connectivity index (χ4n) is 3.19. The molecule has 3 heterocycles. The van der Waals surface area contributed by atoms with Crippen molar-refractivity contribution < 1.29 is 9.47 Å². The lowest BCUT2D eigenvalue weighted by Gasteiger charge is -2.22. The third kappa shape index (κ3) is 5.31. The van der Waals surface area contributed by atoms with Gasteiger partial charge in [-0.1, -0.05) is 13.0 Å². The number of anilines is 1. The molecule has 30 heavy (non-hydrogen) atoms. The minimum atomic E-state index is -0.294. The SMILES string of the molecule is CCCOCCn1c(=O)c(NC(C)(C)C)nc2ncc(C3=CCC(OC)N=C3)cc21. The fourth-order valence-corrected chi connectivity index (χ4v) is 3.19. The van der Waals surface area contributed by atoms with Gasteiger partial charge in [0.15, 0.2) is 17.7 Å². The zero-order valence-corrected chi connectivity index (χ0v) is 18.4. The van der Waals surface area contributed by atoms with Gasteiger partial charge in [0.25, 0.3) is 5.56 Å². The van der Waals surface area contributed by atoms with Crippen molar-refractivity contribution >= 4 is 28.8 Å². The number of ether oxygens (including phenoxy) is 2. The summed E-state index contributed by atoms with van der Waals surface area (Å²) in [6, 6.07) is 1.95. The van der Waals surface area contributed by atoms with Crippen LogP contribution in [0.2, 0.25) is 0 Å². The van der Waals surface area contributed by atoms with Crippen molar-refractivity contribution in [3.63, 3.8) is 0 Å². The summed E-state index contributed by atoms with van der Waals surface area (Å²) in [5.74, 6) is 0.298. The second-order valence-electron chi connectivity index (χ2n) is 8.33. The number of aliphatic imine (C=N–C) groups is 1. The summed E-state index contributed by atoms with van der Waals surface area (Å²) in [5.41, 5.74) is 2.57. The Hall–Kier alpha value is -2.58. The van der Waals surface area contributed by atoms with Crippen molar-refractivity contribution in [2.45, 2.75) is 58.8 Å². The molecule has 0 saturated carbocycles. The second-order valence-corrected chi connectivity index (χ2v) is 8.33. The minimum absolute atomic E-state index is 0.149. The van der Waals surface area contributed by atoms with E-state index in [2.05, 4.69) is 33.3 Å². The monoisotopic (exact) mass is 413 g/mol. The molecule has 0 aliphatic carbocycles. The molecule has 2 aromatic heterocycles. The van der Waals surface area contributed by atoms with Gasteiger partial charge in [0, 0.05) is 50.2 Å². The first-order valence-corrected chi connectivity index (χ1v) is 10.4. The number of rotatable bonds is 8. The van der Waals surface area contributed by atoms with E-state index in [0.29, 0.717) is 43.2 Å². The Bertz CT molecular complexity index is 1000. The fraction of sp³-hybridized carbons (Fsp3) is 0.545. The van der Waals surface area contributed by atoms with E-state index in [1.165, 1.54) is 0 Å². The maximum Gasteiger partial charge on any atom is 0.293 e. The Kier molecular flexibility index (Phi) is 6.99. The van der Waals surface area contributed by atoms with E-state index < -0.39 is 0 Å². The molecule has 3 rings (SSSR count). The summed E-state index contributed by atoms with van der Waals surface area (Å²) in [5, 5.41) is 3.20. The molecule has 0 amide bonds. The number of hydrogen-bond acceptors (Lipinski definition) is 7. The highest BCUT2D eigenvalue weighted by Crippen LogP contribution is 2.22. The third-order valence-corrected chi connectivity index (χ3v) is 4.63. The molecule has 1 unspecified atom stereocenters. The first-order chi connectivity index (χ1) is 14.3. The van der Waals surface area contributed by atoms with Gasteiger partial charge in [0.1, 0.15) is 0 Å². The van der Waals surface area contributed by atoms with Crippen LogP contribution in [-0.4, -0.2) is 52.8 Å². The van der Waals surface area contributed by atoms with E-state index in [4.69, 9.17) is 9.47 Å². The molecule has 0 fully saturated rings. The number of pyridine rings is 1. The lowest BCUT2D eigenvalue weighted by molar-refractivity contribution is 0.113. The van der Waals surface area contributed by atoms with Crippen LogP contribution in [0, 0.1) is 0 Å². The molecule has 8 heteroatoms. The Morgan fingerprint density at radius 1 is 1.30 bits per heavy atom. The van der Waals surface area contributed by atoms with Gasteiger partial charge in [-0.25, -0.2) is 9.97 Å². The zero-order valence-electron chi connectivity index (χ0n) is 18.4. The van der Waals surface area contributed by atoms with Gasteiger partial charge < -0.3 is 14.8 Å². The standard InChI is InChI=1S/C22H31N5O3/c1-6-10-30-11-9-27-17-12-16(15-7-8-18(29-5)23-13-15)14-24-19(17)25-20(21(27)28)26-22(2,3)4/h7,12-14,18H,6,8-11H2,1-5H3,(H,24,25,26). The molecule has 0 aromatic carbocycles. The number of methoxy groups -OCH3 is 1. The van der Waals surface area contributed by atoms with Gasteiger partial charge >= 0.3 is 0 Å². The van der Waals surface area contributed by atoms with Crippen LogP contribution >= 0.6 is 0 Å². The number of hydrogen-bond donors (Lipinski definition) is 1. The zero-order chi connectivity index (χ0) is 21.7. The van der Waals surface area contributed by atoms with E-state index in [0.717, 1.165) is 17.6 Å². The first kappa shape index (κ1) is 22.1. The summed E-state index contributed by atoms with van der Waals surface area (Å²) in [7, 11) is 1.65. The molecular formula is C22H31N5O3. The third-order valence-electron chi connectivity index (χ3n) is 4.63. The van der Waals surface area contributed by atoms with Gasteiger partial charge in [-0.15, -0.1) is 0 Å². The van der Waals surface area contributed by atoms with E-state index in [9.17, 15) is 4.79 Å². The molecule has 2 aromatic rings. The smallest absolute Gasteiger partial charge is 0.293 e. The number of allylic oxidation sites excluding steroid dienone is 1. The second kappa shape index (κ2) is 9.49. The molecular weight excluding hydrogens is 382 g/mol. The van der Waals surface area contributed by atoms with Crippen molar-refractivity contribution in [1.82, 2.24) is 14.5 Å². The molecule has 1 atom stereocenters. The van der Waals surface area contributed by atoms with Gasteiger partial charge in [0.05, 0.1) is 12.1 Å². The summed E-state index contributed by atoms with van der Waals surface area (Å²) in [4.78, 5) is 26.6. The molecule has 0 spiro atoms. The Labute approximate surface area is 177 Å². The van der Waals surface area contributed by atoms with Crippen molar-refractivity contribution in [2.75, 3.05) is 25.6 Å². The van der Waals surface area contributed by atoms with Crippen LogP contribution in [0.5, 0.6) is 0 Å². The van der Waals surface area contributed by atoms with Crippen LogP contribution < -0.4 is 10.9 Å². The van der Waals surface area contributed by atoms with Gasteiger partial charge in [-0.2, -0.15) is 0 Å². The van der Waals surface area contributed by atoms with E-state index >= 15 is 0 Å². The molecule has 1 aliphatic rings. The summed E-state index contributed by atoms with van der Waals surface area (Å²) >= 11 is 0. The average molecular weight is 414 g/mol. The highest BCUT2D eigenvalue weighted by Gasteiger charge is 2.18. The van der Waals surface area contributed by atoms with Crippen LogP contribution in [0.1, 0.15) is 46.1 Å². The highest BCUT2D eigenvalue weighted by molar-refractivity contribution is 6.10. The van der Waals surface area contributed by atoms with Crippen LogP contribution in [0.4, 0.5) is 5.82 Å². The average Bonchev–Trinajstić information content (AvgIpc) is 2.72. The number of fused-ring (bicyclic) bond motifs is 1. The number of nitrogens with one attached hydrogen (secondary N) is 1. The van der Waals surface area contributed by atoms with Crippen LogP contribution in [-0.2, 0) is 16.0 Å². The molecule has 162 valence electrons. The van der Waals surface area contributed by atoms with E-state index in [1.54, 1.807) is 24.1 Å². The van der Waals surface area contributed by atoms with Crippen molar-refractivity contribution in [3.05, 3.63) is 34.3 Å². The quantitative estimate of drug-likeness (QED) is 0.668. The molecule has 8 nitrogen and oxygen atoms in total. The van der Waals surface area contributed by atoms with Crippen molar-refractivity contribution in [3.8, 4) is 0 Å². The summed E-state index contributed by atoms with van der Waals surface area (Å²) < 4.78 is 12.6. The molecule has 1 aliphatic heterocycles. The van der Waals surface area contributed by atoms with Crippen LogP contribution in [0.15, 0.2) is 28.1 Å². The molecule has 1 N–H and O–H groups in total. The Balaban J connectivity index is 2.03. The number of nitrogens with zero attached hydrogens (tertiary/aromatic N) is 4. The van der Waals surface area contributed by atoms with E-state index in [-0.39, 0.29) is 17.3 Å². The lowest BCUT2D eigenvalue weighted by atomic mass is 10.1. The summed E-state index contributed by atoms with van der Waals surface area (Å²) in [6.45, 7) is 9.58. The minimum Gasteiger partial charge on any atom is -0.380 e. The van der Waals surface area contributed by atoms with Crippen LogP contribution in [0.25, 0.3) is 16.7 Å². The molecule has 0 radical (unpaired) electrons. The number of aromatic nitrogens is 3. The Morgan fingerprint density at radius 3 is 2.73 bits per heavy atom. The maximum absolute atomic E-state index is 13.2. The predicted octanol–water partition coefficient (Wildman–Crippen LogP) is 3.26.